The Morgan fingerprint density at radius 1 is 0.253 bits per heavy atom. The number of hydrogen-bond acceptors (Lipinski definition) is 0. The van der Waals surface area contributed by atoms with E-state index < -0.39 is 0 Å². The second-order valence-corrected chi connectivity index (χ2v) is 24.4. The number of fused-ring (bicyclic) bond motifs is 13. The van der Waals surface area contributed by atoms with Gasteiger partial charge in [-0.3, -0.25) is 0 Å². The molecular formula is C79H66. The highest BCUT2D eigenvalue weighted by molar-refractivity contribution is 6.30. The zero-order valence-corrected chi connectivity index (χ0v) is 46.5. The van der Waals surface area contributed by atoms with Gasteiger partial charge < -0.3 is 0 Å². The summed E-state index contributed by atoms with van der Waals surface area (Å²) in [5.41, 5.74) is 27.0. The molecule has 15 rings (SSSR count). The van der Waals surface area contributed by atoms with Crippen molar-refractivity contribution in [3.05, 3.63) is 252 Å². The maximum Gasteiger partial charge on any atom is 0.0215 e. The fourth-order valence-electron chi connectivity index (χ4n) is 15.6. The highest BCUT2D eigenvalue weighted by Gasteiger charge is 2.43. The molecule has 0 radical (unpaired) electrons. The fourth-order valence-corrected chi connectivity index (χ4v) is 15.6. The van der Waals surface area contributed by atoms with Crippen LogP contribution in [0.25, 0.3) is 121 Å². The molecule has 0 unspecified atom stereocenters. The van der Waals surface area contributed by atoms with Crippen molar-refractivity contribution in [1.82, 2.24) is 0 Å². The minimum atomic E-state index is -0.205. The summed E-state index contributed by atoms with van der Waals surface area (Å²) in [4.78, 5) is 0. The van der Waals surface area contributed by atoms with Crippen LogP contribution < -0.4 is 0 Å². The molecule has 0 saturated heterocycles. The van der Waals surface area contributed by atoms with Crippen molar-refractivity contribution in [2.75, 3.05) is 0 Å². The molecule has 0 N–H and O–H groups in total. The van der Waals surface area contributed by atoms with Crippen molar-refractivity contribution in [2.24, 2.45) is 0 Å². The van der Waals surface area contributed by atoms with Gasteiger partial charge in [0.25, 0.3) is 0 Å². The predicted molar refractivity (Wildman–Crippen MR) is 339 cm³/mol. The van der Waals surface area contributed by atoms with Crippen molar-refractivity contribution in [3.8, 4) is 77.9 Å². The average molecular weight is 1020 g/mol. The molecule has 0 atom stereocenters. The van der Waals surface area contributed by atoms with E-state index in [9.17, 15) is 0 Å². The van der Waals surface area contributed by atoms with E-state index in [-0.39, 0.29) is 16.2 Å². The van der Waals surface area contributed by atoms with Crippen LogP contribution in [0.1, 0.15) is 113 Å². The van der Waals surface area contributed by atoms with Crippen LogP contribution in [-0.2, 0) is 16.2 Å². The van der Waals surface area contributed by atoms with Crippen molar-refractivity contribution in [3.63, 3.8) is 0 Å². The third kappa shape index (κ3) is 6.86. The normalized spacial score (nSPS) is 14.8. The lowest BCUT2D eigenvalue weighted by Crippen LogP contribution is -2.25. The lowest BCUT2D eigenvalue weighted by Gasteiger charge is -2.33. The number of unbranched alkanes of at least 4 members (excludes halogenated alkanes) is 2. The van der Waals surface area contributed by atoms with Gasteiger partial charge in [-0.25, -0.2) is 0 Å². The van der Waals surface area contributed by atoms with Gasteiger partial charge in [0.1, 0.15) is 0 Å². The molecule has 12 aromatic rings. The number of hydrogen-bond donors (Lipinski definition) is 0. The Hall–Kier alpha value is -8.32. The molecule has 0 saturated carbocycles. The molecule has 0 heterocycles. The van der Waals surface area contributed by atoms with Crippen LogP contribution in [0, 0.1) is 0 Å². The molecule has 0 fully saturated rings. The van der Waals surface area contributed by atoms with Crippen molar-refractivity contribution in [1.29, 1.82) is 0 Å². The summed E-state index contributed by atoms with van der Waals surface area (Å²) >= 11 is 0. The zero-order chi connectivity index (χ0) is 53.4. The predicted octanol–water partition coefficient (Wildman–Crippen LogP) is 22.2. The first-order valence-corrected chi connectivity index (χ1v) is 29.3. The summed E-state index contributed by atoms with van der Waals surface area (Å²) in [7, 11) is 0. The molecule has 0 amide bonds. The molecule has 0 spiro atoms. The van der Waals surface area contributed by atoms with Crippen LogP contribution in [-0.4, -0.2) is 0 Å². The Morgan fingerprint density at radius 3 is 0.937 bits per heavy atom. The first kappa shape index (κ1) is 47.9. The lowest BCUT2D eigenvalue weighted by molar-refractivity contribution is 0.414. The first-order valence-electron chi connectivity index (χ1n) is 29.3. The molecule has 3 aliphatic rings. The Morgan fingerprint density at radius 2 is 0.532 bits per heavy atom. The van der Waals surface area contributed by atoms with Crippen LogP contribution in [0.2, 0.25) is 0 Å². The topological polar surface area (TPSA) is 0 Å². The van der Waals surface area contributed by atoms with E-state index in [1.54, 1.807) is 0 Å². The first-order chi connectivity index (χ1) is 38.6. The van der Waals surface area contributed by atoms with E-state index in [0.29, 0.717) is 0 Å². The van der Waals surface area contributed by atoms with E-state index in [2.05, 4.69) is 260 Å². The molecule has 3 aliphatic carbocycles. The highest BCUT2D eigenvalue weighted by atomic mass is 14.5. The minimum absolute atomic E-state index is 0.0101. The molecule has 79 heavy (non-hydrogen) atoms. The van der Waals surface area contributed by atoms with Crippen LogP contribution in [0.4, 0.5) is 0 Å². The molecule has 0 bridgehead atoms. The van der Waals surface area contributed by atoms with Gasteiger partial charge in [-0.05, 0) is 191 Å². The Labute approximate surface area is 466 Å². The van der Waals surface area contributed by atoms with Crippen LogP contribution in [0.15, 0.2) is 218 Å². The van der Waals surface area contributed by atoms with E-state index >= 15 is 0 Å². The highest BCUT2D eigenvalue weighted by Crippen LogP contribution is 2.58. The maximum absolute atomic E-state index is 2.62. The summed E-state index contributed by atoms with van der Waals surface area (Å²) in [6, 6.07) is 84.6. The standard InChI is InChI=1S/C79H66/c1-7-9-43-79(44-10-8-2)68-34-22-20-24-54(68)58-42-38-52(48-72(58)79)74-61-27-13-17-31-65(61)76(66-32-18-14-28-62(66)74)75-63-29-15-11-25-59(63)73(60-26-12-16-30-64(60)75)51-37-41-57-56-40-36-50(46-70(56)78(5,6)71(57)47-51)49-35-39-55-53-23-19-21-33-67(53)77(3,4)69(55)45-49/h11-42,45-48H,7-10,43-44H2,1-6H3. The van der Waals surface area contributed by atoms with Gasteiger partial charge in [0, 0.05) is 16.2 Å². The summed E-state index contributed by atoms with van der Waals surface area (Å²) in [5.74, 6) is 0. The van der Waals surface area contributed by atoms with Gasteiger partial charge in [0.05, 0.1) is 0 Å². The van der Waals surface area contributed by atoms with Gasteiger partial charge >= 0.3 is 0 Å². The Bertz CT molecular complexity index is 4390. The van der Waals surface area contributed by atoms with Gasteiger partial charge in [0.2, 0.25) is 0 Å². The molecule has 0 heteroatoms. The molecule has 0 aliphatic heterocycles. The molecule has 382 valence electrons. The lowest BCUT2D eigenvalue weighted by atomic mass is 9.70. The third-order valence-electron chi connectivity index (χ3n) is 19.5. The monoisotopic (exact) mass is 1010 g/mol. The van der Waals surface area contributed by atoms with Crippen LogP contribution in [0.3, 0.4) is 0 Å². The molecular weight excluding hydrogens is 949 g/mol. The quantitative estimate of drug-likeness (QED) is 0.120. The smallest absolute Gasteiger partial charge is 0.0215 e. The molecule has 0 aromatic heterocycles. The van der Waals surface area contributed by atoms with Crippen molar-refractivity contribution >= 4 is 43.1 Å². The molecule has 0 nitrogen and oxygen atoms in total. The SMILES string of the molecule is CCCCC1(CCCC)c2ccccc2-c2ccc(-c3c4ccccc4c(-c4c5ccccc5c(-c5ccc6c(c5)C(C)(C)c5cc(-c7ccc8c(c7)C(C)(C)c7ccccc7-8)ccc5-6)c5ccccc45)c4ccccc34)cc21. The van der Waals surface area contributed by atoms with Crippen molar-refractivity contribution in [2.45, 2.75) is 96.3 Å². The summed E-state index contributed by atoms with van der Waals surface area (Å²) in [6.07, 6.45) is 7.18. The number of benzene rings is 12. The Balaban J connectivity index is 0.884. The number of rotatable bonds is 10. The second-order valence-electron chi connectivity index (χ2n) is 24.4. The summed E-state index contributed by atoms with van der Waals surface area (Å²) in [6.45, 7) is 14.3. The summed E-state index contributed by atoms with van der Waals surface area (Å²) in [5, 5.41) is 10.3. The van der Waals surface area contributed by atoms with Crippen LogP contribution in [0.5, 0.6) is 0 Å². The van der Waals surface area contributed by atoms with Gasteiger partial charge in [-0.2, -0.15) is 0 Å². The van der Waals surface area contributed by atoms with Gasteiger partial charge in [0.15, 0.2) is 0 Å². The van der Waals surface area contributed by atoms with E-state index in [1.807, 2.05) is 0 Å². The molecule has 12 aromatic carbocycles. The van der Waals surface area contributed by atoms with Gasteiger partial charge in [-0.1, -0.05) is 261 Å². The van der Waals surface area contributed by atoms with Crippen LogP contribution >= 0.6 is 0 Å². The largest absolute Gasteiger partial charge is 0.0654 e. The second kappa shape index (κ2) is 17.9. The van der Waals surface area contributed by atoms with E-state index in [1.165, 1.54) is 193 Å². The fraction of sp³-hybridized carbons (Fsp3) is 0.190. The van der Waals surface area contributed by atoms with Gasteiger partial charge in [-0.15, -0.1) is 0 Å². The Kier molecular flexibility index (Phi) is 10.8. The maximum atomic E-state index is 2.62. The average Bonchev–Trinajstić information content (AvgIpc) is 3.63. The summed E-state index contributed by atoms with van der Waals surface area (Å²) < 4.78 is 0. The van der Waals surface area contributed by atoms with E-state index in [4.69, 9.17) is 0 Å². The third-order valence-corrected chi connectivity index (χ3v) is 19.5. The zero-order valence-electron chi connectivity index (χ0n) is 46.5. The van der Waals surface area contributed by atoms with Crippen molar-refractivity contribution < 1.29 is 0 Å². The van der Waals surface area contributed by atoms with E-state index in [0.717, 1.165) is 0 Å². The minimum Gasteiger partial charge on any atom is -0.0654 e.